The van der Waals surface area contributed by atoms with Crippen molar-refractivity contribution < 1.29 is 14.1 Å². The van der Waals surface area contributed by atoms with Gasteiger partial charge in [-0.3, -0.25) is 9.59 Å². The van der Waals surface area contributed by atoms with Crippen LogP contribution in [0.15, 0.2) is 34.9 Å². The summed E-state index contributed by atoms with van der Waals surface area (Å²) < 4.78 is 5.70. The van der Waals surface area contributed by atoms with Crippen molar-refractivity contribution in [3.8, 4) is 0 Å². The number of benzene rings is 1. The minimum Gasteiger partial charge on any atom is -0.360 e. The van der Waals surface area contributed by atoms with Crippen molar-refractivity contribution in [2.45, 2.75) is 6.92 Å². The maximum Gasteiger partial charge on any atom is 0.255 e. The van der Waals surface area contributed by atoms with Crippen molar-refractivity contribution in [2.24, 2.45) is 0 Å². The number of halogens is 1. The minimum atomic E-state index is -0.329. The lowest BCUT2D eigenvalue weighted by atomic mass is 10.2. The van der Waals surface area contributed by atoms with Gasteiger partial charge in [0.25, 0.3) is 5.91 Å². The molecule has 21 heavy (non-hydrogen) atoms. The first-order valence-electron chi connectivity index (χ1n) is 6.20. The third-order valence-corrected chi connectivity index (χ3v) is 3.67. The van der Waals surface area contributed by atoms with E-state index in [9.17, 15) is 9.59 Å². The molecule has 0 radical (unpaired) electrons. The number of hydrogen-bond acceptors (Lipinski definition) is 4. The molecule has 0 aliphatic rings. The highest BCUT2D eigenvalue weighted by Crippen LogP contribution is 2.13. The average molecular weight is 399 g/mol. The van der Waals surface area contributed by atoms with Crippen LogP contribution in [0.1, 0.15) is 16.1 Å². The van der Waals surface area contributed by atoms with Gasteiger partial charge in [0.1, 0.15) is 5.76 Å². The number of nitrogens with zero attached hydrogens (tertiary/aromatic N) is 2. The van der Waals surface area contributed by atoms with Gasteiger partial charge in [0.05, 0.1) is 12.1 Å². The van der Waals surface area contributed by atoms with Crippen LogP contribution in [0.4, 0.5) is 5.82 Å². The van der Waals surface area contributed by atoms with E-state index in [4.69, 9.17) is 4.52 Å². The summed E-state index contributed by atoms with van der Waals surface area (Å²) in [7, 11) is 1.58. The molecule has 0 saturated heterocycles. The summed E-state index contributed by atoms with van der Waals surface area (Å²) >= 11 is 2.09. The topological polar surface area (TPSA) is 75.4 Å². The molecule has 6 nitrogen and oxygen atoms in total. The monoisotopic (exact) mass is 399 g/mol. The molecule has 2 aromatic rings. The number of aryl methyl sites for hydroxylation is 1. The minimum absolute atomic E-state index is 0.0598. The van der Waals surface area contributed by atoms with Crippen LogP contribution in [-0.2, 0) is 4.79 Å². The molecule has 0 spiro atoms. The lowest BCUT2D eigenvalue weighted by Crippen LogP contribution is -2.35. The fourth-order valence-corrected chi connectivity index (χ4v) is 2.35. The van der Waals surface area contributed by atoms with Crippen molar-refractivity contribution in [1.29, 1.82) is 0 Å². The van der Waals surface area contributed by atoms with Gasteiger partial charge in [-0.25, -0.2) is 0 Å². The second-order valence-corrected chi connectivity index (χ2v) is 5.67. The summed E-state index contributed by atoms with van der Waals surface area (Å²) in [6.45, 7) is 1.67. The summed E-state index contributed by atoms with van der Waals surface area (Å²) in [6.07, 6.45) is 0. The summed E-state index contributed by atoms with van der Waals surface area (Å²) in [4.78, 5) is 25.5. The van der Waals surface area contributed by atoms with Gasteiger partial charge < -0.3 is 14.7 Å². The molecule has 0 aliphatic heterocycles. The summed E-state index contributed by atoms with van der Waals surface area (Å²) in [6, 6.07) is 8.85. The normalized spacial score (nSPS) is 10.2. The van der Waals surface area contributed by atoms with Crippen molar-refractivity contribution in [1.82, 2.24) is 10.1 Å². The number of hydrogen-bond donors (Lipinski definition) is 1. The number of anilines is 1. The molecule has 0 bridgehead atoms. The Bertz CT molecular complexity index is 669. The van der Waals surface area contributed by atoms with Gasteiger partial charge in [0.15, 0.2) is 5.82 Å². The number of aromatic nitrogens is 1. The summed E-state index contributed by atoms with van der Waals surface area (Å²) in [5.41, 5.74) is 0.575. The van der Waals surface area contributed by atoms with Crippen LogP contribution in [0, 0.1) is 10.5 Å². The second-order valence-electron chi connectivity index (χ2n) is 4.51. The van der Waals surface area contributed by atoms with Gasteiger partial charge in [0, 0.05) is 16.7 Å². The first-order valence-corrected chi connectivity index (χ1v) is 7.28. The molecular weight excluding hydrogens is 385 g/mol. The summed E-state index contributed by atoms with van der Waals surface area (Å²) in [5, 5.41) is 6.24. The lowest BCUT2D eigenvalue weighted by Gasteiger charge is -2.17. The predicted octanol–water partition coefficient (Wildman–Crippen LogP) is 2.30. The zero-order valence-electron chi connectivity index (χ0n) is 11.6. The van der Waals surface area contributed by atoms with Gasteiger partial charge in [-0.15, -0.1) is 0 Å². The molecule has 0 fully saturated rings. The Morgan fingerprint density at radius 2 is 2.10 bits per heavy atom. The molecule has 0 atom stereocenters. The summed E-state index contributed by atoms with van der Waals surface area (Å²) in [5.74, 6) is 0.415. The van der Waals surface area contributed by atoms with E-state index in [-0.39, 0.29) is 18.4 Å². The first-order chi connectivity index (χ1) is 9.97. The number of carbonyl (C=O) groups is 2. The van der Waals surface area contributed by atoms with Crippen LogP contribution in [0.5, 0.6) is 0 Å². The van der Waals surface area contributed by atoms with E-state index in [1.165, 1.54) is 4.90 Å². The highest BCUT2D eigenvalue weighted by atomic mass is 127. The van der Waals surface area contributed by atoms with Gasteiger partial charge in [-0.2, -0.15) is 0 Å². The van der Waals surface area contributed by atoms with Gasteiger partial charge >= 0.3 is 0 Å². The molecule has 0 saturated carbocycles. The SMILES string of the molecule is Cc1cc(NC(=O)CN(C)C(=O)c2ccccc2I)no1. The predicted molar refractivity (Wildman–Crippen MR) is 86.0 cm³/mol. The Balaban J connectivity index is 1.97. The van der Waals surface area contributed by atoms with Gasteiger partial charge in [0.2, 0.25) is 5.91 Å². The van der Waals surface area contributed by atoms with E-state index < -0.39 is 0 Å². The van der Waals surface area contributed by atoms with E-state index >= 15 is 0 Å². The van der Waals surface area contributed by atoms with Crippen LogP contribution >= 0.6 is 22.6 Å². The van der Waals surface area contributed by atoms with Crippen LogP contribution in [0.25, 0.3) is 0 Å². The van der Waals surface area contributed by atoms with Crippen molar-refractivity contribution in [2.75, 3.05) is 18.9 Å². The number of nitrogens with one attached hydrogen (secondary N) is 1. The smallest absolute Gasteiger partial charge is 0.255 e. The Labute approximate surface area is 135 Å². The number of likely N-dealkylation sites (N-methyl/N-ethyl adjacent to an activating group) is 1. The van der Waals surface area contributed by atoms with E-state index in [1.807, 2.05) is 12.1 Å². The van der Waals surface area contributed by atoms with Crippen molar-refractivity contribution in [3.63, 3.8) is 0 Å². The number of amides is 2. The molecule has 7 heteroatoms. The van der Waals surface area contributed by atoms with Crippen LogP contribution in [0.2, 0.25) is 0 Å². The lowest BCUT2D eigenvalue weighted by molar-refractivity contribution is -0.116. The molecular formula is C14H14IN3O3. The number of carbonyl (C=O) groups excluding carboxylic acids is 2. The molecule has 0 aliphatic carbocycles. The van der Waals surface area contributed by atoms with Crippen LogP contribution < -0.4 is 5.32 Å². The third kappa shape index (κ3) is 4.03. The van der Waals surface area contributed by atoms with E-state index in [0.29, 0.717) is 17.1 Å². The van der Waals surface area contributed by atoms with Gasteiger partial charge in [-0.1, -0.05) is 17.3 Å². The molecule has 110 valence electrons. The molecule has 2 amide bonds. The van der Waals surface area contributed by atoms with E-state index in [2.05, 4.69) is 33.1 Å². The third-order valence-electron chi connectivity index (χ3n) is 2.73. The maximum absolute atomic E-state index is 12.3. The Kier molecular flexibility index (Phi) is 4.94. The molecule has 2 rings (SSSR count). The Morgan fingerprint density at radius 3 is 2.71 bits per heavy atom. The molecule has 1 aromatic carbocycles. The standard InChI is InChI=1S/C14H14IN3O3/c1-9-7-12(17-21-9)16-13(19)8-18(2)14(20)10-5-3-4-6-11(10)15/h3-7H,8H2,1-2H3,(H,16,17,19). The van der Waals surface area contributed by atoms with Gasteiger partial charge in [-0.05, 0) is 41.6 Å². The molecule has 1 N–H and O–H groups in total. The zero-order valence-corrected chi connectivity index (χ0v) is 13.7. The highest BCUT2D eigenvalue weighted by molar-refractivity contribution is 14.1. The average Bonchev–Trinajstić information content (AvgIpc) is 2.83. The highest BCUT2D eigenvalue weighted by Gasteiger charge is 2.17. The molecule has 1 aromatic heterocycles. The Morgan fingerprint density at radius 1 is 1.38 bits per heavy atom. The zero-order chi connectivity index (χ0) is 15.4. The fourth-order valence-electron chi connectivity index (χ4n) is 1.74. The molecule has 0 unspecified atom stereocenters. The quantitative estimate of drug-likeness (QED) is 0.801. The molecule has 1 heterocycles. The largest absolute Gasteiger partial charge is 0.360 e. The Hall–Kier alpha value is -1.90. The first kappa shape index (κ1) is 15.5. The second kappa shape index (κ2) is 6.70. The number of rotatable bonds is 4. The maximum atomic E-state index is 12.3. The van der Waals surface area contributed by atoms with Crippen LogP contribution in [-0.4, -0.2) is 35.5 Å². The van der Waals surface area contributed by atoms with Crippen molar-refractivity contribution in [3.05, 3.63) is 45.2 Å². The van der Waals surface area contributed by atoms with E-state index in [0.717, 1.165) is 3.57 Å². The van der Waals surface area contributed by atoms with Crippen molar-refractivity contribution >= 4 is 40.2 Å². The van der Waals surface area contributed by atoms with Crippen LogP contribution in [0.3, 0.4) is 0 Å². The fraction of sp³-hybridized carbons (Fsp3) is 0.214. The van der Waals surface area contributed by atoms with E-state index in [1.54, 1.807) is 32.2 Å².